The number of furan rings is 1. The molecule has 1 heterocycles. The summed E-state index contributed by atoms with van der Waals surface area (Å²) in [6.07, 6.45) is 0. The van der Waals surface area contributed by atoms with Crippen molar-refractivity contribution in [1.29, 1.82) is 0 Å². The minimum absolute atomic E-state index is 0.0573. The van der Waals surface area contributed by atoms with E-state index >= 15 is 0 Å². The number of rotatable bonds is 5. The largest absolute Gasteiger partial charge is 0.456 e. The second-order valence-electron chi connectivity index (χ2n) is 3.96. The van der Waals surface area contributed by atoms with Crippen molar-refractivity contribution in [2.24, 2.45) is 5.11 Å². The second kappa shape index (κ2) is 6.40. The summed E-state index contributed by atoms with van der Waals surface area (Å²) in [5, 5.41) is 5.98. The van der Waals surface area contributed by atoms with Crippen molar-refractivity contribution in [3.63, 3.8) is 0 Å². The van der Waals surface area contributed by atoms with Crippen molar-refractivity contribution in [2.75, 3.05) is 0 Å². The van der Waals surface area contributed by atoms with Gasteiger partial charge in [0.15, 0.2) is 5.76 Å². The first-order chi connectivity index (χ1) is 9.69. The van der Waals surface area contributed by atoms with E-state index in [1.165, 1.54) is 18.2 Å². The van der Waals surface area contributed by atoms with Crippen molar-refractivity contribution >= 4 is 5.91 Å². The zero-order valence-corrected chi connectivity index (χ0v) is 10.4. The van der Waals surface area contributed by atoms with Gasteiger partial charge in [-0.15, -0.1) is 0 Å². The number of nitrogens with zero attached hydrogens (tertiary/aromatic N) is 3. The van der Waals surface area contributed by atoms with Gasteiger partial charge >= 0.3 is 0 Å². The van der Waals surface area contributed by atoms with Gasteiger partial charge in [0, 0.05) is 11.5 Å². The van der Waals surface area contributed by atoms with E-state index < -0.39 is 0 Å². The highest BCUT2D eigenvalue weighted by atomic mass is 19.1. The molecule has 0 unspecified atom stereocenters. The highest BCUT2D eigenvalue weighted by Crippen LogP contribution is 2.09. The number of halogens is 1. The van der Waals surface area contributed by atoms with Gasteiger partial charge in [-0.25, -0.2) is 4.39 Å². The predicted molar refractivity (Wildman–Crippen MR) is 69.1 cm³/mol. The maximum atomic E-state index is 12.7. The molecule has 0 aliphatic heterocycles. The Kier molecular flexibility index (Phi) is 4.36. The van der Waals surface area contributed by atoms with E-state index in [1.807, 2.05) is 0 Å². The maximum Gasteiger partial charge on any atom is 0.287 e. The summed E-state index contributed by atoms with van der Waals surface area (Å²) in [6, 6.07) is 8.90. The van der Waals surface area contributed by atoms with Crippen LogP contribution in [0, 0.1) is 5.82 Å². The third-order valence-electron chi connectivity index (χ3n) is 2.54. The van der Waals surface area contributed by atoms with Crippen LogP contribution < -0.4 is 5.32 Å². The van der Waals surface area contributed by atoms with E-state index in [2.05, 4.69) is 15.3 Å². The second-order valence-corrected chi connectivity index (χ2v) is 3.96. The van der Waals surface area contributed by atoms with Crippen LogP contribution in [0.1, 0.15) is 21.9 Å². The number of carbonyl (C=O) groups excluding carboxylic acids is 1. The number of benzene rings is 1. The summed E-state index contributed by atoms with van der Waals surface area (Å²) >= 11 is 0. The zero-order chi connectivity index (χ0) is 14.4. The van der Waals surface area contributed by atoms with Crippen LogP contribution in [-0.4, -0.2) is 5.91 Å². The molecule has 6 nitrogen and oxygen atoms in total. The smallest absolute Gasteiger partial charge is 0.287 e. The molecule has 1 amide bonds. The first kappa shape index (κ1) is 13.6. The molecule has 7 heteroatoms. The number of carbonyl (C=O) groups is 1. The van der Waals surface area contributed by atoms with E-state index in [4.69, 9.17) is 9.95 Å². The van der Waals surface area contributed by atoms with Gasteiger partial charge in [-0.2, -0.15) is 0 Å². The molecule has 2 rings (SSSR count). The third kappa shape index (κ3) is 3.60. The van der Waals surface area contributed by atoms with Gasteiger partial charge < -0.3 is 9.73 Å². The van der Waals surface area contributed by atoms with Crippen molar-refractivity contribution in [3.05, 3.63) is 69.7 Å². The van der Waals surface area contributed by atoms with Gasteiger partial charge in [-0.1, -0.05) is 17.2 Å². The molecule has 1 N–H and O–H groups in total. The van der Waals surface area contributed by atoms with Crippen molar-refractivity contribution < 1.29 is 13.6 Å². The summed E-state index contributed by atoms with van der Waals surface area (Å²) in [5.41, 5.74) is 8.96. The van der Waals surface area contributed by atoms with Gasteiger partial charge in [-0.3, -0.25) is 4.79 Å². The SMILES string of the molecule is [N-]=[N+]=NCc1ccc(C(=O)NCc2ccc(F)cc2)o1. The molecule has 0 aliphatic rings. The van der Waals surface area contributed by atoms with E-state index in [1.54, 1.807) is 18.2 Å². The molecule has 0 saturated carbocycles. The van der Waals surface area contributed by atoms with Crippen LogP contribution in [0.5, 0.6) is 0 Å². The van der Waals surface area contributed by atoms with Gasteiger partial charge in [0.1, 0.15) is 11.6 Å². The van der Waals surface area contributed by atoms with Crippen LogP contribution in [0.15, 0.2) is 45.9 Å². The molecule has 0 saturated heterocycles. The van der Waals surface area contributed by atoms with Crippen molar-refractivity contribution in [2.45, 2.75) is 13.1 Å². The van der Waals surface area contributed by atoms with Crippen molar-refractivity contribution in [1.82, 2.24) is 5.32 Å². The zero-order valence-electron chi connectivity index (χ0n) is 10.4. The van der Waals surface area contributed by atoms with E-state index in [0.29, 0.717) is 5.76 Å². The summed E-state index contributed by atoms with van der Waals surface area (Å²) in [5.74, 6) is -0.166. The van der Waals surface area contributed by atoms with Gasteiger partial charge in [0.2, 0.25) is 0 Å². The van der Waals surface area contributed by atoms with Gasteiger partial charge in [-0.05, 0) is 35.4 Å². The van der Waals surface area contributed by atoms with Crippen LogP contribution in [0.3, 0.4) is 0 Å². The Morgan fingerprint density at radius 1 is 1.30 bits per heavy atom. The Morgan fingerprint density at radius 2 is 2.05 bits per heavy atom. The minimum Gasteiger partial charge on any atom is -0.456 e. The van der Waals surface area contributed by atoms with Gasteiger partial charge in [0.25, 0.3) is 5.91 Å². The Labute approximate surface area is 113 Å². The molecule has 0 bridgehead atoms. The molecule has 0 radical (unpaired) electrons. The lowest BCUT2D eigenvalue weighted by Crippen LogP contribution is -2.22. The predicted octanol–water partition coefficient (Wildman–Crippen LogP) is 3.16. The van der Waals surface area contributed by atoms with Crippen LogP contribution in [0.2, 0.25) is 0 Å². The highest BCUT2D eigenvalue weighted by molar-refractivity contribution is 5.91. The number of azide groups is 1. The average molecular weight is 274 g/mol. The Balaban J connectivity index is 1.92. The molecule has 0 fully saturated rings. The minimum atomic E-state index is -0.387. The number of nitrogens with one attached hydrogen (secondary N) is 1. The first-order valence-corrected chi connectivity index (χ1v) is 5.81. The summed E-state index contributed by atoms with van der Waals surface area (Å²) in [6.45, 7) is 0.327. The van der Waals surface area contributed by atoms with Crippen molar-refractivity contribution in [3.8, 4) is 0 Å². The standard InChI is InChI=1S/C13H11FN4O2/c14-10-3-1-9(2-4-10)7-16-13(19)12-6-5-11(20-12)8-17-18-15/h1-6H,7-8H2,(H,16,19). The normalized spacial score (nSPS) is 9.85. The molecular formula is C13H11FN4O2. The monoisotopic (exact) mass is 274 g/mol. The maximum absolute atomic E-state index is 12.7. The fourth-order valence-corrected chi connectivity index (χ4v) is 1.56. The third-order valence-corrected chi connectivity index (χ3v) is 2.54. The first-order valence-electron chi connectivity index (χ1n) is 5.81. The molecule has 1 aromatic carbocycles. The summed E-state index contributed by atoms with van der Waals surface area (Å²) < 4.78 is 17.9. The Hall–Kier alpha value is -2.79. The molecule has 0 atom stereocenters. The average Bonchev–Trinajstić information content (AvgIpc) is 2.93. The summed E-state index contributed by atoms with van der Waals surface area (Å²) in [4.78, 5) is 14.4. The van der Waals surface area contributed by atoms with E-state index in [0.717, 1.165) is 5.56 Å². The fourth-order valence-electron chi connectivity index (χ4n) is 1.56. The van der Waals surface area contributed by atoms with E-state index in [-0.39, 0.29) is 30.6 Å². The van der Waals surface area contributed by atoms with Crippen LogP contribution in [-0.2, 0) is 13.1 Å². The molecule has 20 heavy (non-hydrogen) atoms. The molecule has 2 aromatic rings. The fraction of sp³-hybridized carbons (Fsp3) is 0.154. The van der Waals surface area contributed by atoms with Crippen LogP contribution in [0.4, 0.5) is 4.39 Å². The molecule has 1 aromatic heterocycles. The molecule has 0 spiro atoms. The number of hydrogen-bond acceptors (Lipinski definition) is 3. The van der Waals surface area contributed by atoms with E-state index in [9.17, 15) is 9.18 Å². The van der Waals surface area contributed by atoms with Crippen LogP contribution >= 0.6 is 0 Å². The summed E-state index contributed by atoms with van der Waals surface area (Å²) in [7, 11) is 0. The number of hydrogen-bond donors (Lipinski definition) is 1. The van der Waals surface area contributed by atoms with Crippen LogP contribution in [0.25, 0.3) is 10.4 Å². The highest BCUT2D eigenvalue weighted by Gasteiger charge is 2.10. The quantitative estimate of drug-likeness (QED) is 0.515. The Bertz CT molecular complexity index is 645. The molecule has 0 aliphatic carbocycles. The van der Waals surface area contributed by atoms with Gasteiger partial charge in [0.05, 0.1) is 6.54 Å². The number of amides is 1. The lowest BCUT2D eigenvalue weighted by Gasteiger charge is -2.03. The topological polar surface area (TPSA) is 91.0 Å². The Morgan fingerprint density at radius 3 is 2.75 bits per heavy atom. The lowest BCUT2D eigenvalue weighted by atomic mass is 10.2. The molecular weight excluding hydrogens is 263 g/mol. The molecule has 102 valence electrons. The lowest BCUT2D eigenvalue weighted by molar-refractivity contribution is 0.0921.